The van der Waals surface area contributed by atoms with Crippen LogP contribution < -0.4 is 10.1 Å². The van der Waals surface area contributed by atoms with Gasteiger partial charge in [0, 0.05) is 17.0 Å². The van der Waals surface area contributed by atoms with Crippen LogP contribution in [0.5, 0.6) is 5.75 Å². The SMILES string of the molecule is CCOc1ccc(-c2cc(C(=O)NC(C)C3CC4CCC3C4)c3ccccc3n2)cc1. The number of carbonyl (C=O) groups is 1. The summed E-state index contributed by atoms with van der Waals surface area (Å²) < 4.78 is 5.56. The lowest BCUT2D eigenvalue weighted by Gasteiger charge is -2.28. The molecule has 31 heavy (non-hydrogen) atoms. The maximum absolute atomic E-state index is 13.4. The van der Waals surface area contributed by atoms with E-state index in [0.29, 0.717) is 18.1 Å². The predicted octanol–water partition coefficient (Wildman–Crippen LogP) is 5.86. The third-order valence-electron chi connectivity index (χ3n) is 7.22. The molecule has 3 aromatic rings. The van der Waals surface area contributed by atoms with Gasteiger partial charge in [-0.1, -0.05) is 24.6 Å². The minimum absolute atomic E-state index is 0.000981. The highest BCUT2D eigenvalue weighted by Gasteiger charge is 2.42. The molecule has 1 aromatic heterocycles. The monoisotopic (exact) mass is 414 g/mol. The van der Waals surface area contributed by atoms with Gasteiger partial charge in [-0.3, -0.25) is 4.79 Å². The van der Waals surface area contributed by atoms with Gasteiger partial charge in [0.1, 0.15) is 5.75 Å². The second-order valence-corrected chi connectivity index (χ2v) is 9.13. The van der Waals surface area contributed by atoms with E-state index < -0.39 is 0 Å². The van der Waals surface area contributed by atoms with Gasteiger partial charge in [-0.15, -0.1) is 0 Å². The number of pyridine rings is 1. The van der Waals surface area contributed by atoms with Crippen LogP contribution >= 0.6 is 0 Å². The van der Waals surface area contributed by atoms with Gasteiger partial charge in [0.05, 0.1) is 23.4 Å². The molecule has 0 saturated heterocycles. The normalized spacial score (nSPS) is 23.1. The molecule has 160 valence electrons. The largest absolute Gasteiger partial charge is 0.494 e. The fourth-order valence-corrected chi connectivity index (χ4v) is 5.70. The number of hydrogen-bond donors (Lipinski definition) is 1. The molecule has 4 unspecified atom stereocenters. The lowest BCUT2D eigenvalue weighted by Crippen LogP contribution is -2.40. The Morgan fingerprint density at radius 2 is 1.94 bits per heavy atom. The topological polar surface area (TPSA) is 51.2 Å². The van der Waals surface area contributed by atoms with E-state index in [1.54, 1.807) is 0 Å². The van der Waals surface area contributed by atoms with Crippen molar-refractivity contribution < 1.29 is 9.53 Å². The van der Waals surface area contributed by atoms with E-state index in [4.69, 9.17) is 9.72 Å². The number of hydrogen-bond acceptors (Lipinski definition) is 3. The molecule has 2 aliphatic rings. The molecule has 1 amide bonds. The summed E-state index contributed by atoms with van der Waals surface area (Å²) in [7, 11) is 0. The highest BCUT2D eigenvalue weighted by Crippen LogP contribution is 2.49. The van der Waals surface area contributed by atoms with Crippen LogP contribution in [0.15, 0.2) is 54.6 Å². The van der Waals surface area contributed by atoms with Crippen LogP contribution in [-0.2, 0) is 0 Å². The van der Waals surface area contributed by atoms with Gasteiger partial charge >= 0.3 is 0 Å². The van der Waals surface area contributed by atoms with E-state index in [1.807, 2.05) is 61.5 Å². The molecule has 2 aliphatic carbocycles. The molecule has 0 aliphatic heterocycles. The van der Waals surface area contributed by atoms with E-state index in [1.165, 1.54) is 25.7 Å². The van der Waals surface area contributed by atoms with Crippen molar-refractivity contribution in [1.82, 2.24) is 10.3 Å². The summed E-state index contributed by atoms with van der Waals surface area (Å²) in [6, 6.07) is 17.9. The van der Waals surface area contributed by atoms with Crippen molar-refractivity contribution in [3.8, 4) is 17.0 Å². The number of benzene rings is 2. The van der Waals surface area contributed by atoms with Gasteiger partial charge in [0.2, 0.25) is 0 Å². The summed E-state index contributed by atoms with van der Waals surface area (Å²) >= 11 is 0. The van der Waals surface area contributed by atoms with Crippen LogP contribution in [0.1, 0.15) is 49.9 Å². The molecule has 0 spiro atoms. The Morgan fingerprint density at radius 3 is 2.65 bits per heavy atom. The number of rotatable bonds is 6. The van der Waals surface area contributed by atoms with Gasteiger partial charge in [-0.2, -0.15) is 0 Å². The van der Waals surface area contributed by atoms with Crippen molar-refractivity contribution in [3.05, 3.63) is 60.2 Å². The quantitative estimate of drug-likeness (QED) is 0.550. The Labute approximate surface area is 184 Å². The van der Waals surface area contributed by atoms with E-state index >= 15 is 0 Å². The zero-order valence-corrected chi connectivity index (χ0v) is 18.3. The summed E-state index contributed by atoms with van der Waals surface area (Å²) in [5.41, 5.74) is 3.32. The number of para-hydroxylation sites is 1. The van der Waals surface area contributed by atoms with Crippen molar-refractivity contribution in [2.75, 3.05) is 6.61 Å². The summed E-state index contributed by atoms with van der Waals surface area (Å²) in [6.45, 7) is 4.79. The summed E-state index contributed by atoms with van der Waals surface area (Å²) in [5, 5.41) is 4.23. The first kappa shape index (κ1) is 20.0. The first-order valence-corrected chi connectivity index (χ1v) is 11.6. The molecule has 5 rings (SSSR count). The minimum Gasteiger partial charge on any atom is -0.494 e. The van der Waals surface area contributed by atoms with Gasteiger partial charge in [-0.05, 0) is 87.3 Å². The standard InChI is InChI=1S/C27H30N2O2/c1-3-31-21-12-10-19(11-13-21)26-16-24(22-6-4-5-7-25(22)29-26)27(30)28-17(2)23-15-18-8-9-20(23)14-18/h4-7,10-13,16-18,20,23H,3,8-9,14-15H2,1-2H3,(H,28,30). The second kappa shape index (κ2) is 8.33. The average Bonchev–Trinajstić information content (AvgIpc) is 3.43. The number of carbonyl (C=O) groups excluding carboxylic acids is 1. The molecule has 4 heteroatoms. The number of nitrogens with zero attached hydrogens (tertiary/aromatic N) is 1. The van der Waals surface area contributed by atoms with Crippen LogP contribution in [-0.4, -0.2) is 23.5 Å². The fraction of sp³-hybridized carbons (Fsp3) is 0.407. The van der Waals surface area contributed by atoms with Crippen LogP contribution in [0.4, 0.5) is 0 Å². The maximum Gasteiger partial charge on any atom is 0.252 e. The minimum atomic E-state index is 0.000981. The Balaban J connectivity index is 1.45. The third-order valence-corrected chi connectivity index (χ3v) is 7.22. The zero-order valence-electron chi connectivity index (χ0n) is 18.3. The molecular formula is C27H30N2O2. The number of ether oxygens (including phenoxy) is 1. The van der Waals surface area contributed by atoms with Crippen LogP contribution in [0.2, 0.25) is 0 Å². The van der Waals surface area contributed by atoms with E-state index in [9.17, 15) is 4.79 Å². The molecule has 4 nitrogen and oxygen atoms in total. The zero-order chi connectivity index (χ0) is 21.4. The Hall–Kier alpha value is -2.88. The molecular weight excluding hydrogens is 384 g/mol. The summed E-state index contributed by atoms with van der Waals surface area (Å²) in [4.78, 5) is 18.2. The maximum atomic E-state index is 13.4. The number of amides is 1. The molecule has 1 heterocycles. The summed E-state index contributed by atoms with van der Waals surface area (Å²) in [5.74, 6) is 3.11. The van der Waals surface area contributed by atoms with Crippen molar-refractivity contribution in [3.63, 3.8) is 0 Å². The Bertz CT molecular complexity index is 1090. The van der Waals surface area contributed by atoms with Gasteiger partial charge in [0.15, 0.2) is 0 Å². The van der Waals surface area contributed by atoms with Crippen molar-refractivity contribution in [2.45, 2.75) is 45.6 Å². The highest BCUT2D eigenvalue weighted by atomic mass is 16.5. The highest BCUT2D eigenvalue weighted by molar-refractivity contribution is 6.07. The first-order chi connectivity index (χ1) is 15.1. The number of nitrogens with one attached hydrogen (secondary N) is 1. The van der Waals surface area contributed by atoms with E-state index in [-0.39, 0.29) is 11.9 Å². The fourth-order valence-electron chi connectivity index (χ4n) is 5.70. The van der Waals surface area contributed by atoms with Gasteiger partial charge in [0.25, 0.3) is 5.91 Å². The molecule has 1 N–H and O–H groups in total. The Morgan fingerprint density at radius 1 is 1.13 bits per heavy atom. The summed E-state index contributed by atoms with van der Waals surface area (Å²) in [6.07, 6.45) is 5.32. The Kier molecular flexibility index (Phi) is 5.39. The molecule has 2 saturated carbocycles. The van der Waals surface area contributed by atoms with E-state index in [0.717, 1.165) is 39.7 Å². The first-order valence-electron chi connectivity index (χ1n) is 11.6. The van der Waals surface area contributed by atoms with Crippen LogP contribution in [0.25, 0.3) is 22.2 Å². The second-order valence-electron chi connectivity index (χ2n) is 9.13. The van der Waals surface area contributed by atoms with E-state index in [2.05, 4.69) is 12.2 Å². The molecule has 2 bridgehead atoms. The molecule has 0 radical (unpaired) electrons. The van der Waals surface area contributed by atoms with Crippen LogP contribution in [0, 0.1) is 17.8 Å². The third kappa shape index (κ3) is 3.91. The average molecular weight is 415 g/mol. The van der Waals surface area contributed by atoms with Gasteiger partial charge < -0.3 is 10.1 Å². The van der Waals surface area contributed by atoms with Crippen molar-refractivity contribution >= 4 is 16.8 Å². The predicted molar refractivity (Wildman–Crippen MR) is 124 cm³/mol. The van der Waals surface area contributed by atoms with Gasteiger partial charge in [-0.25, -0.2) is 4.98 Å². The molecule has 2 aromatic carbocycles. The lowest BCUT2D eigenvalue weighted by atomic mass is 9.84. The number of aromatic nitrogens is 1. The smallest absolute Gasteiger partial charge is 0.252 e. The van der Waals surface area contributed by atoms with Crippen LogP contribution in [0.3, 0.4) is 0 Å². The van der Waals surface area contributed by atoms with Crippen molar-refractivity contribution in [1.29, 1.82) is 0 Å². The molecule has 2 fully saturated rings. The number of fused-ring (bicyclic) bond motifs is 3. The van der Waals surface area contributed by atoms with Crippen molar-refractivity contribution in [2.24, 2.45) is 17.8 Å². The molecule has 4 atom stereocenters. The lowest BCUT2D eigenvalue weighted by molar-refractivity contribution is 0.0917.